The van der Waals surface area contributed by atoms with Gasteiger partial charge in [0, 0.05) is 30.0 Å². The monoisotopic (exact) mass is 277 g/mol. The third-order valence-corrected chi connectivity index (χ3v) is 3.67. The minimum absolute atomic E-state index is 0.0121. The van der Waals surface area contributed by atoms with Gasteiger partial charge in [-0.1, -0.05) is 19.4 Å². The number of carbonyl (C=O) groups is 1. The molecule has 5 nitrogen and oxygen atoms in total. The molecule has 1 unspecified atom stereocenters. The number of likely N-dealkylation sites (N-methyl/N-ethyl adjacent to an activating group) is 1. The molecular formula is C15H23N3O2. The van der Waals surface area contributed by atoms with Crippen LogP contribution in [0.5, 0.6) is 0 Å². The number of nitrogens with zero attached hydrogens (tertiary/aromatic N) is 1. The van der Waals surface area contributed by atoms with Crippen LogP contribution in [0.1, 0.15) is 31.4 Å². The third-order valence-electron chi connectivity index (χ3n) is 3.67. The van der Waals surface area contributed by atoms with Crippen LogP contribution < -0.4 is 15.5 Å². The van der Waals surface area contributed by atoms with Crippen molar-refractivity contribution in [3.05, 3.63) is 23.8 Å². The first-order valence-corrected chi connectivity index (χ1v) is 7.19. The van der Waals surface area contributed by atoms with Gasteiger partial charge < -0.3 is 20.6 Å². The number of nitrogens with one attached hydrogen (secondary N) is 2. The Labute approximate surface area is 120 Å². The molecule has 0 spiro atoms. The van der Waals surface area contributed by atoms with Crippen LogP contribution >= 0.6 is 0 Å². The highest BCUT2D eigenvalue weighted by Gasteiger charge is 2.29. The Kier molecular flexibility index (Phi) is 4.98. The zero-order valence-corrected chi connectivity index (χ0v) is 12.1. The van der Waals surface area contributed by atoms with Crippen molar-refractivity contribution >= 4 is 17.3 Å². The zero-order chi connectivity index (χ0) is 14.5. The number of unbranched alkanes of at least 4 members (excludes halogenated alkanes) is 1. The summed E-state index contributed by atoms with van der Waals surface area (Å²) in [6.07, 6.45) is 2.20. The van der Waals surface area contributed by atoms with Crippen LogP contribution in [0, 0.1) is 0 Å². The number of amides is 1. The molecule has 110 valence electrons. The van der Waals surface area contributed by atoms with E-state index in [0.29, 0.717) is 6.54 Å². The number of hydrogen-bond acceptors (Lipinski definition) is 4. The zero-order valence-electron chi connectivity index (χ0n) is 12.1. The molecule has 1 atom stereocenters. The lowest BCUT2D eigenvalue weighted by molar-refractivity contribution is -0.117. The molecule has 1 amide bonds. The Morgan fingerprint density at radius 2 is 2.20 bits per heavy atom. The van der Waals surface area contributed by atoms with E-state index in [2.05, 4.69) is 22.5 Å². The molecule has 0 saturated carbocycles. The molecule has 1 heterocycles. The maximum absolute atomic E-state index is 11.8. The normalized spacial score (nSPS) is 16.9. The van der Waals surface area contributed by atoms with Crippen molar-refractivity contribution in [2.24, 2.45) is 0 Å². The summed E-state index contributed by atoms with van der Waals surface area (Å²) in [6.45, 7) is 3.81. The molecule has 1 aliphatic heterocycles. The summed E-state index contributed by atoms with van der Waals surface area (Å²) < 4.78 is 0. The van der Waals surface area contributed by atoms with Gasteiger partial charge in [0.2, 0.25) is 5.91 Å². The fourth-order valence-electron chi connectivity index (χ4n) is 2.57. The van der Waals surface area contributed by atoms with Gasteiger partial charge in [0.1, 0.15) is 6.04 Å². The molecule has 0 aliphatic carbocycles. The van der Waals surface area contributed by atoms with Crippen LogP contribution in [0.15, 0.2) is 18.2 Å². The molecule has 20 heavy (non-hydrogen) atoms. The lowest BCUT2D eigenvalue weighted by Gasteiger charge is -2.24. The van der Waals surface area contributed by atoms with Crippen LogP contribution in [-0.2, 0) is 4.79 Å². The van der Waals surface area contributed by atoms with Crippen molar-refractivity contribution in [3.8, 4) is 0 Å². The van der Waals surface area contributed by atoms with Gasteiger partial charge in [-0.2, -0.15) is 0 Å². The Hall–Kier alpha value is -1.59. The van der Waals surface area contributed by atoms with E-state index in [9.17, 15) is 9.90 Å². The molecule has 5 heteroatoms. The topological polar surface area (TPSA) is 64.6 Å². The first kappa shape index (κ1) is 14.8. The van der Waals surface area contributed by atoms with Gasteiger partial charge in [-0.3, -0.25) is 4.79 Å². The second kappa shape index (κ2) is 6.72. The van der Waals surface area contributed by atoms with Gasteiger partial charge in [-0.15, -0.1) is 0 Å². The quantitative estimate of drug-likeness (QED) is 0.706. The van der Waals surface area contributed by atoms with Gasteiger partial charge in [0.25, 0.3) is 0 Å². The largest absolute Gasteiger partial charge is 0.395 e. The Morgan fingerprint density at radius 3 is 2.85 bits per heavy atom. The molecule has 0 radical (unpaired) electrons. The summed E-state index contributed by atoms with van der Waals surface area (Å²) in [4.78, 5) is 14.0. The summed E-state index contributed by atoms with van der Waals surface area (Å²) in [5, 5.41) is 15.1. The number of anilines is 2. The maximum Gasteiger partial charge on any atom is 0.246 e. The second-order valence-electron chi connectivity index (χ2n) is 5.05. The summed E-state index contributed by atoms with van der Waals surface area (Å²) in [7, 11) is 1.78. The molecule has 0 saturated heterocycles. The van der Waals surface area contributed by atoms with Crippen LogP contribution in [0.3, 0.4) is 0 Å². The molecule has 1 aromatic carbocycles. The summed E-state index contributed by atoms with van der Waals surface area (Å²) in [5.74, 6) is -0.0121. The molecule has 3 N–H and O–H groups in total. The number of aliphatic hydroxyl groups is 1. The molecule has 0 bridgehead atoms. The van der Waals surface area contributed by atoms with Gasteiger partial charge in [0.15, 0.2) is 0 Å². The highest BCUT2D eigenvalue weighted by Crippen LogP contribution is 2.33. The first-order chi connectivity index (χ1) is 9.71. The molecule has 0 fully saturated rings. The molecular weight excluding hydrogens is 254 g/mol. The number of carbonyl (C=O) groups excluding carboxylic acids is 1. The lowest BCUT2D eigenvalue weighted by atomic mass is 10.1. The minimum atomic E-state index is -0.263. The predicted octanol–water partition coefficient (Wildman–Crippen LogP) is 1.50. The minimum Gasteiger partial charge on any atom is -0.395 e. The fourth-order valence-corrected chi connectivity index (χ4v) is 2.57. The van der Waals surface area contributed by atoms with Crippen LogP contribution in [0.4, 0.5) is 11.4 Å². The number of aliphatic hydroxyl groups excluding tert-OH is 1. The van der Waals surface area contributed by atoms with E-state index in [4.69, 9.17) is 0 Å². The Balaban J connectivity index is 2.22. The SMILES string of the molecule is CCCCN(CCO)c1ccc2c(c1)NC(=O)C2NC. The molecule has 0 aromatic heterocycles. The van der Waals surface area contributed by atoms with Crippen molar-refractivity contribution in [1.82, 2.24) is 5.32 Å². The van der Waals surface area contributed by atoms with E-state index >= 15 is 0 Å². The van der Waals surface area contributed by atoms with Gasteiger partial charge in [-0.05, 0) is 25.6 Å². The van der Waals surface area contributed by atoms with Gasteiger partial charge in [0.05, 0.1) is 6.61 Å². The molecule has 2 rings (SSSR count). The maximum atomic E-state index is 11.8. The van der Waals surface area contributed by atoms with E-state index in [0.717, 1.165) is 36.3 Å². The van der Waals surface area contributed by atoms with Gasteiger partial charge >= 0.3 is 0 Å². The first-order valence-electron chi connectivity index (χ1n) is 7.19. The standard InChI is InChI=1S/C15H23N3O2/c1-3-4-7-18(8-9-19)11-5-6-12-13(10-11)17-15(20)14(12)16-2/h5-6,10,14,16,19H,3-4,7-9H2,1-2H3,(H,17,20). The van der Waals surface area contributed by atoms with Crippen LogP contribution in [-0.4, -0.2) is 37.8 Å². The second-order valence-corrected chi connectivity index (χ2v) is 5.05. The summed E-state index contributed by atoms with van der Waals surface area (Å²) in [6, 6.07) is 5.74. The highest BCUT2D eigenvalue weighted by molar-refractivity contribution is 6.03. The average Bonchev–Trinajstić information content (AvgIpc) is 2.77. The predicted molar refractivity (Wildman–Crippen MR) is 81.1 cm³/mol. The van der Waals surface area contributed by atoms with E-state index < -0.39 is 0 Å². The van der Waals surface area contributed by atoms with Crippen molar-refractivity contribution in [2.75, 3.05) is 37.0 Å². The highest BCUT2D eigenvalue weighted by atomic mass is 16.3. The Morgan fingerprint density at radius 1 is 1.40 bits per heavy atom. The summed E-state index contributed by atoms with van der Waals surface area (Å²) >= 11 is 0. The third kappa shape index (κ3) is 2.94. The Bertz CT molecular complexity index is 476. The van der Waals surface area contributed by atoms with Crippen molar-refractivity contribution < 1.29 is 9.90 Å². The number of rotatable bonds is 7. The van der Waals surface area contributed by atoms with Crippen molar-refractivity contribution in [1.29, 1.82) is 0 Å². The van der Waals surface area contributed by atoms with E-state index in [1.807, 2.05) is 18.2 Å². The number of hydrogen-bond donors (Lipinski definition) is 3. The van der Waals surface area contributed by atoms with Crippen molar-refractivity contribution in [2.45, 2.75) is 25.8 Å². The van der Waals surface area contributed by atoms with Crippen LogP contribution in [0.25, 0.3) is 0 Å². The molecule has 1 aliphatic rings. The number of fused-ring (bicyclic) bond motifs is 1. The van der Waals surface area contributed by atoms with Crippen molar-refractivity contribution in [3.63, 3.8) is 0 Å². The molecule has 1 aromatic rings. The van der Waals surface area contributed by atoms with E-state index in [1.165, 1.54) is 0 Å². The average molecular weight is 277 g/mol. The van der Waals surface area contributed by atoms with Gasteiger partial charge in [-0.25, -0.2) is 0 Å². The van der Waals surface area contributed by atoms with Crippen LogP contribution in [0.2, 0.25) is 0 Å². The summed E-state index contributed by atoms with van der Waals surface area (Å²) in [5.41, 5.74) is 2.90. The van der Waals surface area contributed by atoms with E-state index in [-0.39, 0.29) is 18.6 Å². The van der Waals surface area contributed by atoms with E-state index in [1.54, 1.807) is 7.05 Å². The number of benzene rings is 1. The fraction of sp³-hybridized carbons (Fsp3) is 0.533. The smallest absolute Gasteiger partial charge is 0.246 e. The lowest BCUT2D eigenvalue weighted by Crippen LogP contribution is -2.27.